The lowest BCUT2D eigenvalue weighted by atomic mass is 9.94. The Hall–Kier alpha value is -1.97. The fourth-order valence-electron chi connectivity index (χ4n) is 3.83. The predicted molar refractivity (Wildman–Crippen MR) is 87.9 cm³/mol. The summed E-state index contributed by atoms with van der Waals surface area (Å²) < 4.78 is 2.26. The molecule has 0 N–H and O–H groups in total. The van der Waals surface area contributed by atoms with Gasteiger partial charge < -0.3 is 4.57 Å². The zero-order valence-electron chi connectivity index (χ0n) is 12.8. The summed E-state index contributed by atoms with van der Waals surface area (Å²) in [7, 11) is 0. The van der Waals surface area contributed by atoms with Gasteiger partial charge in [0.05, 0.1) is 17.2 Å². The molecule has 2 aliphatic rings. The van der Waals surface area contributed by atoms with E-state index >= 15 is 0 Å². The van der Waals surface area contributed by atoms with Crippen LogP contribution in [0.2, 0.25) is 0 Å². The molecule has 0 bridgehead atoms. The van der Waals surface area contributed by atoms with Crippen LogP contribution < -0.4 is 5.56 Å². The average Bonchev–Trinajstić information content (AvgIpc) is 2.81. The third-order valence-corrected chi connectivity index (χ3v) is 5.00. The van der Waals surface area contributed by atoms with E-state index < -0.39 is 0 Å². The van der Waals surface area contributed by atoms with Gasteiger partial charge in [0.15, 0.2) is 0 Å². The predicted octanol–water partition coefficient (Wildman–Crippen LogP) is 3.65. The van der Waals surface area contributed by atoms with Gasteiger partial charge in [-0.15, -0.1) is 0 Å². The van der Waals surface area contributed by atoms with E-state index in [0.29, 0.717) is 11.4 Å². The van der Waals surface area contributed by atoms with Crippen LogP contribution in [0.4, 0.5) is 0 Å². The summed E-state index contributed by atoms with van der Waals surface area (Å²) in [6.45, 7) is 0. The van der Waals surface area contributed by atoms with Crippen molar-refractivity contribution in [2.75, 3.05) is 0 Å². The number of aryl methyl sites for hydroxylation is 1. The van der Waals surface area contributed by atoms with E-state index in [4.69, 9.17) is 0 Å². The van der Waals surface area contributed by atoms with Gasteiger partial charge in [0.1, 0.15) is 0 Å². The van der Waals surface area contributed by atoms with Crippen LogP contribution in [0.15, 0.2) is 23.4 Å². The highest BCUT2D eigenvalue weighted by molar-refractivity contribution is 5.87. The fraction of sp³-hybridized carbons (Fsp3) is 0.500. The Bertz CT molecular complexity index is 785. The Morgan fingerprint density at radius 1 is 1.09 bits per heavy atom. The van der Waals surface area contributed by atoms with Crippen molar-refractivity contribution in [1.82, 2.24) is 14.5 Å². The quantitative estimate of drug-likeness (QED) is 0.807. The first-order valence-corrected chi connectivity index (χ1v) is 8.40. The molecule has 4 heteroatoms. The molecule has 0 amide bonds. The van der Waals surface area contributed by atoms with Gasteiger partial charge in [-0.25, -0.2) is 0 Å². The molecule has 0 radical (unpaired) electrons. The number of hydrogen-bond donors (Lipinski definition) is 0. The first-order chi connectivity index (χ1) is 10.8. The Balaban J connectivity index is 2.00. The summed E-state index contributed by atoms with van der Waals surface area (Å²) >= 11 is 0. The van der Waals surface area contributed by atoms with Crippen molar-refractivity contribution in [3.63, 3.8) is 0 Å². The van der Waals surface area contributed by atoms with Crippen LogP contribution in [-0.2, 0) is 6.42 Å². The van der Waals surface area contributed by atoms with Gasteiger partial charge in [0.2, 0.25) is 0 Å². The maximum absolute atomic E-state index is 12.2. The van der Waals surface area contributed by atoms with Crippen molar-refractivity contribution in [3.8, 4) is 0 Å². The molecule has 22 heavy (non-hydrogen) atoms. The standard InChI is InChI=1S/C18H21N3O/c22-18-15-11-19-16-10-6-2-5-9-14(16)17(15)21(12-20-18)13-7-3-1-4-8-13/h5,9,11-13H,1-4,6-8,10H2. The molecule has 2 heterocycles. The second-order valence-corrected chi connectivity index (χ2v) is 6.42. The molecule has 4 rings (SSSR count). The maximum atomic E-state index is 12.2. The summed E-state index contributed by atoms with van der Waals surface area (Å²) in [6, 6.07) is 0.465. The highest BCUT2D eigenvalue weighted by atomic mass is 16.1. The van der Waals surface area contributed by atoms with Crippen molar-refractivity contribution < 1.29 is 0 Å². The van der Waals surface area contributed by atoms with Crippen molar-refractivity contribution in [1.29, 1.82) is 0 Å². The molecule has 0 aromatic carbocycles. The van der Waals surface area contributed by atoms with E-state index in [1.807, 2.05) is 0 Å². The summed E-state index contributed by atoms with van der Waals surface area (Å²) in [5.74, 6) is 0. The van der Waals surface area contributed by atoms with Crippen molar-refractivity contribution in [3.05, 3.63) is 40.2 Å². The molecule has 0 atom stereocenters. The highest BCUT2D eigenvalue weighted by Gasteiger charge is 2.20. The second-order valence-electron chi connectivity index (χ2n) is 6.42. The average molecular weight is 295 g/mol. The molecular weight excluding hydrogens is 274 g/mol. The third-order valence-electron chi connectivity index (χ3n) is 5.00. The summed E-state index contributed by atoms with van der Waals surface area (Å²) in [4.78, 5) is 20.8. The molecule has 1 fully saturated rings. The minimum atomic E-state index is -0.157. The van der Waals surface area contributed by atoms with Crippen LogP contribution >= 0.6 is 0 Å². The van der Waals surface area contributed by atoms with Crippen LogP contribution in [0, 0.1) is 0 Å². The van der Waals surface area contributed by atoms with Gasteiger partial charge in [0.25, 0.3) is 5.56 Å². The number of rotatable bonds is 1. The van der Waals surface area contributed by atoms with Crippen molar-refractivity contribution >= 4 is 17.0 Å². The molecule has 0 saturated heterocycles. The summed E-state index contributed by atoms with van der Waals surface area (Å²) in [6.07, 6.45) is 17.3. The largest absolute Gasteiger partial charge is 0.328 e. The molecule has 0 spiro atoms. The van der Waals surface area contributed by atoms with Gasteiger partial charge in [-0.2, -0.15) is 4.98 Å². The van der Waals surface area contributed by atoms with E-state index in [9.17, 15) is 4.79 Å². The summed E-state index contributed by atoms with van der Waals surface area (Å²) in [5, 5.41) is 0.665. The van der Waals surface area contributed by atoms with Crippen LogP contribution in [0.5, 0.6) is 0 Å². The van der Waals surface area contributed by atoms with Crippen LogP contribution in [-0.4, -0.2) is 14.5 Å². The first kappa shape index (κ1) is 13.7. The smallest absolute Gasteiger partial charge is 0.282 e. The second kappa shape index (κ2) is 5.67. The van der Waals surface area contributed by atoms with Gasteiger partial charge in [-0.1, -0.05) is 31.4 Å². The van der Waals surface area contributed by atoms with Crippen LogP contribution in [0.3, 0.4) is 0 Å². The van der Waals surface area contributed by atoms with E-state index in [1.165, 1.54) is 32.1 Å². The van der Waals surface area contributed by atoms with Gasteiger partial charge in [-0.3, -0.25) is 9.78 Å². The van der Waals surface area contributed by atoms with Gasteiger partial charge in [-0.05, 0) is 32.1 Å². The number of fused-ring (bicyclic) bond motifs is 3. The Labute approximate surface area is 129 Å². The number of allylic oxidation sites excluding steroid dienone is 1. The molecule has 1 saturated carbocycles. The van der Waals surface area contributed by atoms with Crippen LogP contribution in [0.25, 0.3) is 17.0 Å². The molecule has 114 valence electrons. The minimum Gasteiger partial charge on any atom is -0.328 e. The number of pyridine rings is 1. The monoisotopic (exact) mass is 295 g/mol. The van der Waals surface area contributed by atoms with Crippen molar-refractivity contribution in [2.24, 2.45) is 0 Å². The van der Waals surface area contributed by atoms with E-state index in [0.717, 1.165) is 36.0 Å². The lowest BCUT2D eigenvalue weighted by molar-refractivity contribution is 0.357. The molecule has 2 aromatic rings. The van der Waals surface area contributed by atoms with Gasteiger partial charge in [0, 0.05) is 23.5 Å². The first-order valence-electron chi connectivity index (χ1n) is 8.40. The zero-order chi connectivity index (χ0) is 14.9. The fourth-order valence-corrected chi connectivity index (χ4v) is 3.83. The zero-order valence-corrected chi connectivity index (χ0v) is 12.8. The molecule has 0 aliphatic heterocycles. The highest BCUT2D eigenvalue weighted by Crippen LogP contribution is 2.32. The maximum Gasteiger partial charge on any atom is 0.282 e. The van der Waals surface area contributed by atoms with Crippen LogP contribution in [0.1, 0.15) is 62.2 Å². The summed E-state index contributed by atoms with van der Waals surface area (Å²) in [5.41, 5.74) is 3.15. The molecule has 0 unspecified atom stereocenters. The normalized spacial score (nSPS) is 19.1. The Kier molecular flexibility index (Phi) is 3.53. The third kappa shape index (κ3) is 2.27. The van der Waals surface area contributed by atoms with Crippen molar-refractivity contribution in [2.45, 2.75) is 57.4 Å². The SMILES string of the molecule is O=c1ncn(C2CCCCC2)c2c3c(ncc12)CCCC=C3. The molecule has 4 nitrogen and oxygen atoms in total. The molecule has 2 aliphatic carbocycles. The number of hydrogen-bond acceptors (Lipinski definition) is 3. The molecular formula is C18H21N3O. The van der Waals surface area contributed by atoms with E-state index in [1.54, 1.807) is 12.5 Å². The molecule has 2 aromatic heterocycles. The lowest BCUT2D eigenvalue weighted by Crippen LogP contribution is -2.20. The Morgan fingerprint density at radius 2 is 1.95 bits per heavy atom. The van der Waals surface area contributed by atoms with E-state index in [-0.39, 0.29) is 5.56 Å². The minimum absolute atomic E-state index is 0.157. The number of aromatic nitrogens is 3. The van der Waals surface area contributed by atoms with Gasteiger partial charge >= 0.3 is 0 Å². The number of nitrogens with zero attached hydrogens (tertiary/aromatic N) is 3. The van der Waals surface area contributed by atoms with E-state index in [2.05, 4.69) is 26.7 Å². The lowest BCUT2D eigenvalue weighted by Gasteiger charge is -2.26. The Morgan fingerprint density at radius 3 is 2.82 bits per heavy atom. The topological polar surface area (TPSA) is 47.8 Å².